The summed E-state index contributed by atoms with van der Waals surface area (Å²) in [6, 6.07) is 0. The Morgan fingerprint density at radius 2 is 2.22 bits per heavy atom. The molecular formula is C13H22N2O3. The Morgan fingerprint density at radius 1 is 1.50 bits per heavy atom. The Hall–Kier alpha value is -0.910. The molecule has 1 aromatic rings. The van der Waals surface area contributed by atoms with Crippen molar-refractivity contribution in [2.75, 3.05) is 19.8 Å². The number of aryl methyl sites for hydroxylation is 1. The zero-order chi connectivity index (χ0) is 13.0. The summed E-state index contributed by atoms with van der Waals surface area (Å²) < 4.78 is 13.2. The van der Waals surface area contributed by atoms with Gasteiger partial charge in [-0.1, -0.05) is 0 Å². The van der Waals surface area contributed by atoms with E-state index in [1.807, 2.05) is 24.6 Å². The number of aromatic nitrogens is 2. The molecule has 2 rings (SSSR count). The van der Waals surface area contributed by atoms with Crippen LogP contribution in [0, 0.1) is 0 Å². The van der Waals surface area contributed by atoms with Crippen molar-refractivity contribution in [3.63, 3.8) is 0 Å². The number of hydrogen-bond acceptors (Lipinski definition) is 4. The van der Waals surface area contributed by atoms with Gasteiger partial charge >= 0.3 is 0 Å². The van der Waals surface area contributed by atoms with Crippen LogP contribution in [-0.2, 0) is 16.0 Å². The van der Waals surface area contributed by atoms with Crippen LogP contribution in [0.3, 0.4) is 0 Å². The number of hydrogen-bond donors (Lipinski definition) is 1. The van der Waals surface area contributed by atoms with Crippen molar-refractivity contribution in [2.45, 2.75) is 44.9 Å². The third-order valence-electron chi connectivity index (χ3n) is 3.60. The number of aliphatic hydroxyl groups is 1. The van der Waals surface area contributed by atoms with Crippen LogP contribution >= 0.6 is 0 Å². The molecule has 1 fully saturated rings. The van der Waals surface area contributed by atoms with Gasteiger partial charge in [0.2, 0.25) is 0 Å². The fourth-order valence-corrected chi connectivity index (χ4v) is 2.57. The summed E-state index contributed by atoms with van der Waals surface area (Å²) in [5.74, 6) is 0.688. The molecule has 102 valence electrons. The number of ether oxygens (including phenoxy) is 2. The molecule has 1 N–H and O–H groups in total. The normalized spacial score (nSPS) is 20.8. The van der Waals surface area contributed by atoms with Crippen molar-refractivity contribution >= 4 is 0 Å². The Balaban J connectivity index is 2.24. The summed E-state index contributed by atoms with van der Waals surface area (Å²) in [5.41, 5.74) is -0.550. The molecule has 1 unspecified atom stereocenters. The van der Waals surface area contributed by atoms with Gasteiger partial charge < -0.3 is 19.1 Å². The van der Waals surface area contributed by atoms with Crippen molar-refractivity contribution in [2.24, 2.45) is 0 Å². The first-order valence-electron chi connectivity index (χ1n) is 6.64. The average Bonchev–Trinajstić information content (AvgIpc) is 2.87. The quantitative estimate of drug-likeness (QED) is 0.865. The molecule has 0 radical (unpaired) electrons. The minimum atomic E-state index is -0.698. The number of aliphatic hydroxyl groups excluding tert-OH is 1. The van der Waals surface area contributed by atoms with Crippen LogP contribution in [0.15, 0.2) is 12.4 Å². The van der Waals surface area contributed by atoms with Crippen LogP contribution in [0.1, 0.15) is 38.6 Å². The van der Waals surface area contributed by atoms with E-state index < -0.39 is 11.7 Å². The maximum absolute atomic E-state index is 10.7. The van der Waals surface area contributed by atoms with Crippen LogP contribution in [0.4, 0.5) is 0 Å². The molecular weight excluding hydrogens is 232 g/mol. The van der Waals surface area contributed by atoms with Gasteiger partial charge in [-0.25, -0.2) is 4.98 Å². The minimum Gasteiger partial charge on any atom is -0.382 e. The van der Waals surface area contributed by atoms with E-state index in [-0.39, 0.29) is 0 Å². The van der Waals surface area contributed by atoms with E-state index >= 15 is 0 Å². The highest BCUT2D eigenvalue weighted by Gasteiger charge is 2.43. The van der Waals surface area contributed by atoms with Crippen molar-refractivity contribution in [3.8, 4) is 0 Å². The van der Waals surface area contributed by atoms with E-state index in [4.69, 9.17) is 9.47 Å². The molecule has 0 saturated carbocycles. The summed E-state index contributed by atoms with van der Waals surface area (Å²) in [6.45, 7) is 6.63. The molecule has 1 aromatic heterocycles. The largest absolute Gasteiger partial charge is 0.382 e. The second-order valence-corrected chi connectivity index (χ2v) is 4.58. The summed E-state index contributed by atoms with van der Waals surface area (Å²) in [5, 5.41) is 10.7. The predicted octanol–water partition coefficient (Wildman–Crippen LogP) is 1.52. The summed E-state index contributed by atoms with van der Waals surface area (Å²) in [6.07, 6.45) is 4.33. The first-order valence-corrected chi connectivity index (χ1v) is 6.64. The minimum absolute atomic E-state index is 0.550. The topological polar surface area (TPSA) is 56.5 Å². The Bertz CT molecular complexity index is 367. The van der Waals surface area contributed by atoms with Gasteiger partial charge in [0.15, 0.2) is 0 Å². The number of nitrogens with zero attached hydrogens (tertiary/aromatic N) is 2. The summed E-state index contributed by atoms with van der Waals surface area (Å²) in [7, 11) is 0. The first kappa shape index (κ1) is 13.5. The fourth-order valence-electron chi connectivity index (χ4n) is 2.57. The van der Waals surface area contributed by atoms with Gasteiger partial charge in [0, 0.05) is 51.6 Å². The highest BCUT2D eigenvalue weighted by atomic mass is 16.5. The molecule has 1 aliphatic rings. The van der Waals surface area contributed by atoms with Crippen LogP contribution < -0.4 is 0 Å². The van der Waals surface area contributed by atoms with E-state index in [9.17, 15) is 5.11 Å². The molecule has 2 heterocycles. The highest BCUT2D eigenvalue weighted by molar-refractivity contribution is 5.05. The fraction of sp³-hybridized carbons (Fsp3) is 0.769. The summed E-state index contributed by atoms with van der Waals surface area (Å²) in [4.78, 5) is 4.28. The number of imidazole rings is 1. The molecule has 5 nitrogen and oxygen atoms in total. The predicted molar refractivity (Wildman–Crippen MR) is 67.3 cm³/mol. The van der Waals surface area contributed by atoms with Crippen LogP contribution in [0.25, 0.3) is 0 Å². The lowest BCUT2D eigenvalue weighted by atomic mass is 9.87. The van der Waals surface area contributed by atoms with E-state index in [2.05, 4.69) is 4.98 Å². The standard InChI is InChI=1S/C13H22N2O3/c1-3-15-8-7-14-12(15)11(16)13(18-4-2)5-9-17-10-6-13/h7-8,11,16H,3-6,9-10H2,1-2H3. The molecule has 1 saturated heterocycles. The molecule has 0 spiro atoms. The van der Waals surface area contributed by atoms with Crippen molar-refractivity contribution < 1.29 is 14.6 Å². The van der Waals surface area contributed by atoms with Gasteiger partial charge in [-0.2, -0.15) is 0 Å². The Morgan fingerprint density at radius 3 is 2.83 bits per heavy atom. The molecule has 0 amide bonds. The van der Waals surface area contributed by atoms with Gasteiger partial charge in [0.1, 0.15) is 17.5 Å². The third-order valence-corrected chi connectivity index (χ3v) is 3.60. The smallest absolute Gasteiger partial charge is 0.141 e. The SMILES string of the molecule is CCOC1(C(O)c2nccn2CC)CCOCC1. The highest BCUT2D eigenvalue weighted by Crippen LogP contribution is 2.37. The van der Waals surface area contributed by atoms with Crippen molar-refractivity contribution in [1.29, 1.82) is 0 Å². The van der Waals surface area contributed by atoms with E-state index in [0.717, 1.165) is 6.54 Å². The molecule has 1 atom stereocenters. The molecule has 1 aliphatic heterocycles. The van der Waals surface area contributed by atoms with E-state index in [1.165, 1.54) is 0 Å². The van der Waals surface area contributed by atoms with Gasteiger partial charge in [-0.3, -0.25) is 0 Å². The van der Waals surface area contributed by atoms with E-state index in [0.29, 0.717) is 38.5 Å². The first-order chi connectivity index (χ1) is 8.73. The molecule has 0 aliphatic carbocycles. The lowest BCUT2D eigenvalue weighted by molar-refractivity contribution is -0.170. The van der Waals surface area contributed by atoms with Gasteiger partial charge in [-0.15, -0.1) is 0 Å². The lowest BCUT2D eigenvalue weighted by Gasteiger charge is -2.40. The molecule has 0 aromatic carbocycles. The van der Waals surface area contributed by atoms with E-state index in [1.54, 1.807) is 6.20 Å². The lowest BCUT2D eigenvalue weighted by Crippen LogP contribution is -2.45. The van der Waals surface area contributed by atoms with Crippen LogP contribution in [0.2, 0.25) is 0 Å². The Kier molecular flexibility index (Phi) is 4.37. The van der Waals surface area contributed by atoms with Crippen LogP contribution in [0.5, 0.6) is 0 Å². The van der Waals surface area contributed by atoms with Gasteiger partial charge in [0.25, 0.3) is 0 Å². The zero-order valence-corrected chi connectivity index (χ0v) is 11.1. The maximum Gasteiger partial charge on any atom is 0.141 e. The molecule has 0 bridgehead atoms. The maximum atomic E-state index is 10.7. The monoisotopic (exact) mass is 254 g/mol. The van der Waals surface area contributed by atoms with Crippen molar-refractivity contribution in [1.82, 2.24) is 9.55 Å². The molecule has 18 heavy (non-hydrogen) atoms. The van der Waals surface area contributed by atoms with Crippen molar-refractivity contribution in [3.05, 3.63) is 18.2 Å². The van der Waals surface area contributed by atoms with Crippen LogP contribution in [-0.4, -0.2) is 40.1 Å². The number of rotatable bonds is 5. The molecule has 5 heteroatoms. The second kappa shape index (κ2) is 5.82. The van der Waals surface area contributed by atoms with Gasteiger partial charge in [-0.05, 0) is 13.8 Å². The van der Waals surface area contributed by atoms with Gasteiger partial charge in [0.05, 0.1) is 0 Å². The third kappa shape index (κ3) is 2.43. The Labute approximate surface area is 108 Å². The average molecular weight is 254 g/mol. The summed E-state index contributed by atoms with van der Waals surface area (Å²) >= 11 is 0. The zero-order valence-electron chi connectivity index (χ0n) is 11.1. The second-order valence-electron chi connectivity index (χ2n) is 4.58.